The van der Waals surface area contributed by atoms with Crippen LogP contribution in [0.4, 0.5) is 0 Å². The molecule has 0 aliphatic rings. The molecule has 0 saturated heterocycles. The van der Waals surface area contributed by atoms with Crippen LogP contribution in [0.15, 0.2) is 42.5 Å². The molecule has 0 aliphatic carbocycles. The number of carbonyl (C=O) groups is 1. The molecule has 6 nitrogen and oxygen atoms in total. The first-order valence-electron chi connectivity index (χ1n) is 11.8. The predicted molar refractivity (Wildman–Crippen MR) is 135 cm³/mol. The molecular weight excluding hydrogens is 432 g/mol. The molecule has 1 unspecified atom stereocenters. The highest BCUT2D eigenvalue weighted by atomic mass is 16.5. The van der Waals surface area contributed by atoms with Gasteiger partial charge in [0.25, 0.3) is 0 Å². The molecule has 0 aliphatic heterocycles. The minimum absolute atomic E-state index is 0.315. The van der Waals surface area contributed by atoms with E-state index in [-0.39, 0.29) is 0 Å². The smallest absolute Gasteiger partial charge is 0.328 e. The van der Waals surface area contributed by atoms with Gasteiger partial charge in [-0.15, -0.1) is 0 Å². The van der Waals surface area contributed by atoms with Crippen LogP contribution in [0.5, 0.6) is 17.2 Å². The van der Waals surface area contributed by atoms with Gasteiger partial charge in [0.15, 0.2) is 0 Å². The van der Waals surface area contributed by atoms with Crippen LogP contribution in [0.3, 0.4) is 0 Å². The molecule has 0 aromatic heterocycles. The average Bonchev–Trinajstić information content (AvgIpc) is 2.78. The molecule has 2 rings (SSSR count). The number of aliphatic carboxylic acids is 1. The van der Waals surface area contributed by atoms with Crippen molar-refractivity contribution in [2.75, 3.05) is 19.8 Å². The van der Waals surface area contributed by atoms with E-state index < -0.39 is 12.1 Å². The first-order chi connectivity index (χ1) is 16.1. The van der Waals surface area contributed by atoms with Gasteiger partial charge in [0.1, 0.15) is 23.4 Å². The van der Waals surface area contributed by atoms with Gasteiger partial charge in [0.2, 0.25) is 0 Å². The maximum absolute atomic E-state index is 11.3. The lowest BCUT2D eigenvalue weighted by Crippen LogP contribution is -2.10. The predicted octanol–water partition coefficient (Wildman–Crippen LogP) is 5.97. The van der Waals surface area contributed by atoms with Crippen LogP contribution in [-0.2, 0) is 4.79 Å². The first-order valence-corrected chi connectivity index (χ1v) is 11.8. The van der Waals surface area contributed by atoms with Gasteiger partial charge < -0.3 is 24.4 Å². The van der Waals surface area contributed by atoms with Gasteiger partial charge in [-0.2, -0.15) is 0 Å². The molecule has 0 amide bonds. The number of aliphatic hydroxyl groups excluding tert-OH is 1. The zero-order valence-corrected chi connectivity index (χ0v) is 21.1. The Kier molecular flexibility index (Phi) is 10.5. The van der Waals surface area contributed by atoms with Gasteiger partial charge in [-0.1, -0.05) is 47.6 Å². The van der Waals surface area contributed by atoms with Crippen molar-refractivity contribution in [1.29, 1.82) is 0 Å². The van der Waals surface area contributed by atoms with E-state index in [2.05, 4.69) is 27.7 Å². The zero-order valence-electron chi connectivity index (χ0n) is 21.1. The number of benzene rings is 2. The Bertz CT molecular complexity index is 961. The Morgan fingerprint density at radius 3 is 2.00 bits per heavy atom. The van der Waals surface area contributed by atoms with Gasteiger partial charge in [0.05, 0.1) is 19.8 Å². The van der Waals surface area contributed by atoms with Crippen LogP contribution in [0.25, 0.3) is 6.08 Å². The van der Waals surface area contributed by atoms with Gasteiger partial charge in [-0.25, -0.2) is 4.79 Å². The van der Waals surface area contributed by atoms with Crippen molar-refractivity contribution in [2.45, 2.75) is 47.6 Å². The first kappa shape index (κ1) is 27.3. The van der Waals surface area contributed by atoms with E-state index in [9.17, 15) is 9.90 Å². The highest BCUT2D eigenvalue weighted by molar-refractivity contribution is 5.86. The average molecular weight is 471 g/mol. The number of carboxylic acids is 1. The number of carboxylic acid groups (broad SMARTS) is 1. The fourth-order valence-electron chi connectivity index (χ4n) is 3.07. The zero-order chi connectivity index (χ0) is 25.3. The Morgan fingerprint density at radius 1 is 0.824 bits per heavy atom. The maximum atomic E-state index is 11.3. The van der Waals surface area contributed by atoms with Crippen LogP contribution in [0.1, 0.15) is 64.3 Å². The van der Waals surface area contributed by atoms with Crippen LogP contribution in [0.2, 0.25) is 0 Å². The molecule has 2 aromatic carbocycles. The summed E-state index contributed by atoms with van der Waals surface area (Å²) in [4.78, 5) is 11.1. The Hall–Kier alpha value is -2.99. The van der Waals surface area contributed by atoms with Crippen LogP contribution < -0.4 is 14.2 Å². The molecule has 0 spiro atoms. The molecule has 1 atom stereocenters. The van der Waals surface area contributed by atoms with Crippen molar-refractivity contribution in [3.8, 4) is 17.2 Å². The SMILES string of the molecule is CC(C)COc1ccc(C(O)c2ccc(OCC(C)C)c(C=CC(=O)O)c2)c(OCC(C)C)c1. The molecule has 2 N–H and O–H groups in total. The third kappa shape index (κ3) is 8.75. The van der Waals surface area contributed by atoms with E-state index in [1.54, 1.807) is 18.2 Å². The molecule has 6 heteroatoms. The topological polar surface area (TPSA) is 85.2 Å². The second-order valence-corrected chi connectivity index (χ2v) is 9.69. The number of rotatable bonds is 13. The van der Waals surface area contributed by atoms with Crippen molar-refractivity contribution in [2.24, 2.45) is 17.8 Å². The number of aliphatic hydroxyl groups is 1. The normalized spacial score (nSPS) is 12.5. The van der Waals surface area contributed by atoms with Crippen molar-refractivity contribution in [1.82, 2.24) is 0 Å². The minimum atomic E-state index is -1.05. The van der Waals surface area contributed by atoms with E-state index >= 15 is 0 Å². The van der Waals surface area contributed by atoms with Gasteiger partial charge in [-0.05, 0) is 53.7 Å². The van der Waals surface area contributed by atoms with E-state index in [0.29, 0.717) is 71.5 Å². The fraction of sp³-hybridized carbons (Fsp3) is 0.464. The molecule has 0 bridgehead atoms. The van der Waals surface area contributed by atoms with Crippen LogP contribution in [0, 0.1) is 17.8 Å². The lowest BCUT2D eigenvalue weighted by Gasteiger charge is -2.20. The Morgan fingerprint density at radius 2 is 1.41 bits per heavy atom. The van der Waals surface area contributed by atoms with Gasteiger partial charge in [-0.3, -0.25) is 0 Å². The second-order valence-electron chi connectivity index (χ2n) is 9.69. The molecule has 34 heavy (non-hydrogen) atoms. The largest absolute Gasteiger partial charge is 0.493 e. The molecule has 0 fully saturated rings. The minimum Gasteiger partial charge on any atom is -0.493 e. The fourth-order valence-corrected chi connectivity index (χ4v) is 3.07. The summed E-state index contributed by atoms with van der Waals surface area (Å²) in [6.07, 6.45) is 1.57. The number of hydrogen-bond acceptors (Lipinski definition) is 5. The van der Waals surface area contributed by atoms with Crippen molar-refractivity contribution in [3.05, 3.63) is 59.2 Å². The third-order valence-corrected chi connectivity index (χ3v) is 4.76. The lowest BCUT2D eigenvalue weighted by molar-refractivity contribution is -0.131. The Labute approximate surface area is 203 Å². The summed E-state index contributed by atoms with van der Waals surface area (Å²) in [6.45, 7) is 14.0. The second kappa shape index (κ2) is 13.0. The summed E-state index contributed by atoms with van der Waals surface area (Å²) in [6, 6.07) is 10.7. The molecular formula is C28H38O6. The number of hydrogen-bond donors (Lipinski definition) is 2. The lowest BCUT2D eigenvalue weighted by atomic mass is 9.98. The highest BCUT2D eigenvalue weighted by Crippen LogP contribution is 2.35. The highest BCUT2D eigenvalue weighted by Gasteiger charge is 2.19. The molecule has 2 aromatic rings. The monoisotopic (exact) mass is 470 g/mol. The molecule has 0 radical (unpaired) electrons. The molecule has 0 saturated carbocycles. The summed E-state index contributed by atoms with van der Waals surface area (Å²) < 4.78 is 17.7. The summed E-state index contributed by atoms with van der Waals surface area (Å²) in [7, 11) is 0. The van der Waals surface area contributed by atoms with E-state index in [1.165, 1.54) is 6.08 Å². The quantitative estimate of drug-likeness (QED) is 0.351. The van der Waals surface area contributed by atoms with Crippen molar-refractivity contribution in [3.63, 3.8) is 0 Å². The number of ether oxygens (including phenoxy) is 3. The molecule has 186 valence electrons. The summed E-state index contributed by atoms with van der Waals surface area (Å²) in [5, 5.41) is 20.3. The maximum Gasteiger partial charge on any atom is 0.328 e. The Balaban J connectivity index is 2.41. The van der Waals surface area contributed by atoms with E-state index in [4.69, 9.17) is 19.3 Å². The summed E-state index contributed by atoms with van der Waals surface area (Å²) >= 11 is 0. The van der Waals surface area contributed by atoms with E-state index in [0.717, 1.165) is 6.08 Å². The van der Waals surface area contributed by atoms with E-state index in [1.807, 2.05) is 32.0 Å². The van der Waals surface area contributed by atoms with Gasteiger partial charge >= 0.3 is 5.97 Å². The van der Waals surface area contributed by atoms with Gasteiger partial charge in [0, 0.05) is 23.3 Å². The van der Waals surface area contributed by atoms with Crippen molar-refractivity contribution >= 4 is 12.0 Å². The van der Waals surface area contributed by atoms with Crippen molar-refractivity contribution < 1.29 is 29.2 Å². The van der Waals surface area contributed by atoms with Crippen LogP contribution >= 0.6 is 0 Å². The van der Waals surface area contributed by atoms with Crippen LogP contribution in [-0.4, -0.2) is 36.0 Å². The standard InChI is InChI=1S/C28H38O6/c1-18(2)15-32-23-9-10-24(26(14-23)34-17-20(5)6)28(31)22-7-11-25(33-16-19(3)4)21(13-22)8-12-27(29)30/h7-14,18-20,28,31H,15-17H2,1-6H3,(H,29,30). The third-order valence-electron chi connectivity index (χ3n) is 4.76. The molecule has 0 heterocycles. The summed E-state index contributed by atoms with van der Waals surface area (Å²) in [5.74, 6) is 1.78. The summed E-state index contributed by atoms with van der Waals surface area (Å²) in [5.41, 5.74) is 1.80.